The first-order valence-electron chi connectivity index (χ1n) is 10.4. The number of ether oxygens (including phenoxy) is 3. The van der Waals surface area contributed by atoms with Crippen molar-refractivity contribution in [3.8, 4) is 11.3 Å². The average molecular weight is 537 g/mol. The summed E-state index contributed by atoms with van der Waals surface area (Å²) in [7, 11) is 0. The minimum absolute atomic E-state index is 0.0291. The molecule has 178 valence electrons. The summed E-state index contributed by atoms with van der Waals surface area (Å²) >= 11 is 2.94. The molecular formula is C22H19BrF2N4O5. The number of hydrogen-bond donors (Lipinski definition) is 2. The van der Waals surface area contributed by atoms with Gasteiger partial charge in [0.25, 0.3) is 0 Å². The molecule has 3 aromatic rings. The maximum Gasteiger partial charge on any atom is 0.249 e. The fraction of sp³-hybridized carbons (Fsp3) is 0.318. The lowest BCUT2D eigenvalue weighted by Gasteiger charge is -2.47. The van der Waals surface area contributed by atoms with Gasteiger partial charge in [0, 0.05) is 11.1 Å². The van der Waals surface area contributed by atoms with E-state index >= 15 is 0 Å². The van der Waals surface area contributed by atoms with Crippen molar-refractivity contribution in [3.63, 3.8) is 0 Å². The molecule has 1 aromatic heterocycles. The zero-order valence-corrected chi connectivity index (χ0v) is 19.0. The van der Waals surface area contributed by atoms with Crippen LogP contribution in [0.15, 0.2) is 53.1 Å². The highest BCUT2D eigenvalue weighted by Gasteiger charge is 2.52. The topological polar surface area (TPSA) is 122 Å². The number of aliphatic hydroxyl groups is 1. The van der Waals surface area contributed by atoms with Crippen molar-refractivity contribution in [3.05, 3.63) is 70.3 Å². The van der Waals surface area contributed by atoms with Crippen LogP contribution in [0.3, 0.4) is 0 Å². The van der Waals surface area contributed by atoms with Gasteiger partial charge in [0.15, 0.2) is 24.0 Å². The standard InChI is InChI=1S/C22H19BrF2N4O5/c23-12-7-6-11(15(24)16(12)25)13-8-29(28-27-13)17-18(30)20(21(26)31)33-14-9-32-22(34-19(14)17)10-4-2-1-3-5-10/h1-8,14,17-20,22,30H,9H2,(H2,26,31)/t14-,17-,18-,19+,20-,22+/m1/s1. The number of hydrogen-bond acceptors (Lipinski definition) is 7. The van der Waals surface area contributed by atoms with Crippen molar-refractivity contribution in [2.45, 2.75) is 36.7 Å². The molecule has 0 aliphatic carbocycles. The van der Waals surface area contributed by atoms with E-state index in [1.165, 1.54) is 23.0 Å². The highest BCUT2D eigenvalue weighted by atomic mass is 79.9. The molecule has 5 rings (SSSR count). The Morgan fingerprint density at radius 3 is 2.65 bits per heavy atom. The SMILES string of the molecule is NC(=O)[C@@H]1O[C@@H]2CO[C@H](c3ccccc3)O[C@@H]2[C@H](n2cc(-c3ccc(Br)c(F)c3F)nn2)[C@H]1O. The van der Waals surface area contributed by atoms with E-state index in [2.05, 4.69) is 26.2 Å². The van der Waals surface area contributed by atoms with Crippen molar-refractivity contribution in [1.29, 1.82) is 0 Å². The first-order chi connectivity index (χ1) is 16.3. The van der Waals surface area contributed by atoms with Crippen molar-refractivity contribution in [2.75, 3.05) is 6.61 Å². The molecule has 2 aromatic carbocycles. The fourth-order valence-corrected chi connectivity index (χ4v) is 4.51. The third-order valence-corrected chi connectivity index (χ3v) is 6.47. The highest BCUT2D eigenvalue weighted by molar-refractivity contribution is 9.10. The third-order valence-electron chi connectivity index (χ3n) is 5.86. The van der Waals surface area contributed by atoms with Crippen LogP contribution in [-0.4, -0.2) is 57.0 Å². The molecule has 0 unspecified atom stereocenters. The summed E-state index contributed by atoms with van der Waals surface area (Å²) in [6, 6.07) is 10.9. The van der Waals surface area contributed by atoms with Crippen LogP contribution in [0, 0.1) is 11.6 Å². The summed E-state index contributed by atoms with van der Waals surface area (Å²) in [6.07, 6.45) is -3.79. The molecule has 6 atom stereocenters. The molecule has 9 nitrogen and oxygen atoms in total. The number of benzene rings is 2. The number of amides is 1. The number of halogens is 3. The molecule has 34 heavy (non-hydrogen) atoms. The number of primary amides is 1. The quantitative estimate of drug-likeness (QED) is 0.490. The first-order valence-corrected chi connectivity index (χ1v) is 11.1. The van der Waals surface area contributed by atoms with Crippen molar-refractivity contribution >= 4 is 21.8 Å². The Hall–Kier alpha value is -2.77. The number of nitrogens with zero attached hydrogens (tertiary/aromatic N) is 3. The number of carbonyl (C=O) groups excluding carboxylic acids is 1. The fourth-order valence-electron chi connectivity index (χ4n) is 4.20. The van der Waals surface area contributed by atoms with Gasteiger partial charge in [-0.05, 0) is 28.1 Å². The normalized spacial score (nSPS) is 28.9. The van der Waals surface area contributed by atoms with E-state index in [-0.39, 0.29) is 22.3 Å². The van der Waals surface area contributed by atoms with Crippen LogP contribution in [0.25, 0.3) is 11.3 Å². The van der Waals surface area contributed by atoms with E-state index in [9.17, 15) is 18.7 Å². The van der Waals surface area contributed by atoms with Crippen LogP contribution in [0.2, 0.25) is 0 Å². The van der Waals surface area contributed by atoms with Gasteiger partial charge in [0.1, 0.15) is 30.0 Å². The van der Waals surface area contributed by atoms with E-state index in [1.807, 2.05) is 30.3 Å². The van der Waals surface area contributed by atoms with Gasteiger partial charge in [0.2, 0.25) is 5.91 Å². The molecule has 12 heteroatoms. The molecule has 0 spiro atoms. The van der Waals surface area contributed by atoms with Crippen molar-refractivity contribution < 1.29 is 32.9 Å². The van der Waals surface area contributed by atoms with Gasteiger partial charge in [-0.25, -0.2) is 13.5 Å². The average Bonchev–Trinajstić information content (AvgIpc) is 3.31. The molecule has 0 bridgehead atoms. The maximum atomic E-state index is 14.5. The minimum Gasteiger partial charge on any atom is -0.387 e. The Balaban J connectivity index is 1.51. The molecule has 1 amide bonds. The maximum absolute atomic E-state index is 14.5. The molecule has 3 N–H and O–H groups in total. The van der Waals surface area contributed by atoms with E-state index in [1.54, 1.807) is 0 Å². The minimum atomic E-state index is -1.45. The Morgan fingerprint density at radius 2 is 1.91 bits per heavy atom. The molecule has 2 saturated heterocycles. The Kier molecular flexibility index (Phi) is 6.16. The van der Waals surface area contributed by atoms with Crippen LogP contribution in [0.5, 0.6) is 0 Å². The van der Waals surface area contributed by atoms with E-state index in [0.29, 0.717) is 0 Å². The van der Waals surface area contributed by atoms with E-state index in [0.717, 1.165) is 5.56 Å². The second-order valence-corrected chi connectivity index (χ2v) is 8.82. The zero-order valence-electron chi connectivity index (χ0n) is 17.4. The number of rotatable bonds is 4. The van der Waals surface area contributed by atoms with Gasteiger partial charge >= 0.3 is 0 Å². The lowest BCUT2D eigenvalue weighted by atomic mass is 9.91. The number of carbonyl (C=O) groups is 1. The third kappa shape index (κ3) is 4.01. The van der Waals surface area contributed by atoms with Crippen LogP contribution >= 0.6 is 15.9 Å². The monoisotopic (exact) mass is 536 g/mol. The summed E-state index contributed by atoms with van der Waals surface area (Å²) in [5.74, 6) is -3.04. The molecule has 0 saturated carbocycles. The van der Waals surface area contributed by atoms with Crippen LogP contribution < -0.4 is 5.73 Å². The van der Waals surface area contributed by atoms with E-state index in [4.69, 9.17) is 19.9 Å². The van der Waals surface area contributed by atoms with Crippen LogP contribution in [0.4, 0.5) is 8.78 Å². The summed E-state index contributed by atoms with van der Waals surface area (Å²) in [5.41, 5.74) is 6.10. The summed E-state index contributed by atoms with van der Waals surface area (Å²) < 4.78 is 47.4. The predicted octanol–water partition coefficient (Wildman–Crippen LogP) is 2.25. The predicted molar refractivity (Wildman–Crippen MR) is 116 cm³/mol. The number of fused-ring (bicyclic) bond motifs is 1. The second-order valence-electron chi connectivity index (χ2n) is 7.96. The Morgan fingerprint density at radius 1 is 1.15 bits per heavy atom. The number of aliphatic hydroxyl groups excluding tert-OH is 1. The molecule has 0 radical (unpaired) electrons. The van der Waals surface area contributed by atoms with Crippen molar-refractivity contribution in [1.82, 2.24) is 15.0 Å². The number of nitrogens with two attached hydrogens (primary N) is 1. The second kappa shape index (κ2) is 9.12. The Labute approximate surface area is 200 Å². The number of aromatic nitrogens is 3. The molecule has 2 aliphatic heterocycles. The Bertz CT molecular complexity index is 1210. The molecule has 3 heterocycles. The van der Waals surface area contributed by atoms with Gasteiger partial charge < -0.3 is 25.1 Å². The van der Waals surface area contributed by atoms with Crippen LogP contribution in [0.1, 0.15) is 17.9 Å². The molecular weight excluding hydrogens is 518 g/mol. The van der Waals surface area contributed by atoms with E-state index < -0.39 is 54.3 Å². The lowest BCUT2D eigenvalue weighted by molar-refractivity contribution is -0.312. The summed E-state index contributed by atoms with van der Waals surface area (Å²) in [6.45, 7) is 0.0608. The highest BCUT2D eigenvalue weighted by Crippen LogP contribution is 2.39. The van der Waals surface area contributed by atoms with Crippen molar-refractivity contribution in [2.24, 2.45) is 5.73 Å². The van der Waals surface area contributed by atoms with Gasteiger partial charge in [-0.3, -0.25) is 4.79 Å². The van der Waals surface area contributed by atoms with Gasteiger partial charge in [-0.1, -0.05) is 35.5 Å². The van der Waals surface area contributed by atoms with Gasteiger partial charge in [-0.15, -0.1) is 5.10 Å². The van der Waals surface area contributed by atoms with Crippen LogP contribution in [-0.2, 0) is 19.0 Å². The van der Waals surface area contributed by atoms with Gasteiger partial charge in [-0.2, -0.15) is 0 Å². The summed E-state index contributed by atoms with van der Waals surface area (Å²) in [5, 5.41) is 19.0. The lowest BCUT2D eigenvalue weighted by Crippen LogP contribution is -2.62. The van der Waals surface area contributed by atoms with Gasteiger partial charge in [0.05, 0.1) is 17.3 Å². The molecule has 2 fully saturated rings. The first kappa shape index (κ1) is 23.0. The largest absolute Gasteiger partial charge is 0.387 e. The molecule has 2 aliphatic rings. The zero-order chi connectivity index (χ0) is 24.0. The smallest absolute Gasteiger partial charge is 0.249 e. The summed E-state index contributed by atoms with van der Waals surface area (Å²) in [4.78, 5) is 12.0.